The predicted octanol–water partition coefficient (Wildman–Crippen LogP) is 5.39. The molecule has 0 saturated heterocycles. The molecular formula is C12H10Br3NS. The van der Waals surface area contributed by atoms with Crippen molar-refractivity contribution < 1.29 is 0 Å². The van der Waals surface area contributed by atoms with Crippen molar-refractivity contribution in [2.45, 2.75) is 13.0 Å². The third-order valence-corrected chi connectivity index (χ3v) is 5.65. The van der Waals surface area contributed by atoms with Gasteiger partial charge in [-0.15, -0.1) is 11.3 Å². The zero-order valence-electron chi connectivity index (χ0n) is 9.01. The first-order valence-electron chi connectivity index (χ1n) is 4.95. The summed E-state index contributed by atoms with van der Waals surface area (Å²) in [5.41, 5.74) is 7.41. The predicted molar refractivity (Wildman–Crippen MR) is 84.6 cm³/mol. The maximum Gasteiger partial charge on any atom is 0.0668 e. The second kappa shape index (κ2) is 5.53. The van der Waals surface area contributed by atoms with Gasteiger partial charge in [-0.3, -0.25) is 0 Å². The Kier molecular flexibility index (Phi) is 4.47. The van der Waals surface area contributed by atoms with E-state index in [1.54, 1.807) is 11.3 Å². The Hall–Kier alpha value is 0.320. The quantitative estimate of drug-likeness (QED) is 0.666. The molecule has 0 bridgehead atoms. The molecule has 0 aliphatic heterocycles. The molecule has 0 amide bonds. The lowest BCUT2D eigenvalue weighted by molar-refractivity contribution is 0.882. The molecule has 1 unspecified atom stereocenters. The molecule has 1 atom stereocenters. The Morgan fingerprint density at radius 1 is 1.12 bits per heavy atom. The minimum atomic E-state index is -0.106. The Morgan fingerprint density at radius 2 is 1.82 bits per heavy atom. The van der Waals surface area contributed by atoms with Crippen molar-refractivity contribution in [3.8, 4) is 0 Å². The van der Waals surface area contributed by atoms with E-state index in [-0.39, 0.29) is 6.04 Å². The highest BCUT2D eigenvalue weighted by Crippen LogP contribution is 2.37. The zero-order chi connectivity index (χ0) is 12.6. The average Bonchev–Trinajstić information content (AvgIpc) is 2.57. The lowest BCUT2D eigenvalue weighted by Crippen LogP contribution is -2.11. The summed E-state index contributed by atoms with van der Waals surface area (Å²) in [5, 5.41) is 0. The first kappa shape index (κ1) is 13.7. The van der Waals surface area contributed by atoms with Crippen LogP contribution in [0.1, 0.15) is 21.4 Å². The fourth-order valence-corrected chi connectivity index (χ4v) is 4.82. The van der Waals surface area contributed by atoms with Gasteiger partial charge in [-0.2, -0.15) is 0 Å². The third-order valence-electron chi connectivity index (χ3n) is 2.42. The van der Waals surface area contributed by atoms with E-state index in [0.717, 1.165) is 23.9 Å². The smallest absolute Gasteiger partial charge is 0.0668 e. The van der Waals surface area contributed by atoms with Crippen LogP contribution in [-0.2, 0) is 0 Å². The largest absolute Gasteiger partial charge is 0.320 e. The molecule has 1 aromatic carbocycles. The summed E-state index contributed by atoms with van der Waals surface area (Å²) in [6.45, 7) is 2.09. The molecule has 90 valence electrons. The molecule has 0 fully saturated rings. The van der Waals surface area contributed by atoms with E-state index in [0.29, 0.717) is 0 Å². The lowest BCUT2D eigenvalue weighted by Gasteiger charge is -2.13. The molecule has 17 heavy (non-hydrogen) atoms. The Balaban J connectivity index is 2.43. The van der Waals surface area contributed by atoms with Gasteiger partial charge in [0.1, 0.15) is 0 Å². The second-order valence-electron chi connectivity index (χ2n) is 3.71. The van der Waals surface area contributed by atoms with Crippen LogP contribution >= 0.6 is 59.1 Å². The minimum Gasteiger partial charge on any atom is -0.320 e. The molecule has 0 saturated carbocycles. The van der Waals surface area contributed by atoms with Crippen LogP contribution in [0, 0.1) is 6.92 Å². The molecule has 0 spiro atoms. The SMILES string of the molecule is Cc1cc(Br)c(C(N)c2ccc(Br)cc2Br)s1. The molecule has 2 aromatic rings. The molecule has 0 aliphatic rings. The summed E-state index contributed by atoms with van der Waals surface area (Å²) in [7, 11) is 0. The van der Waals surface area contributed by atoms with Gasteiger partial charge >= 0.3 is 0 Å². The van der Waals surface area contributed by atoms with Crippen molar-refractivity contribution in [1.29, 1.82) is 0 Å². The topological polar surface area (TPSA) is 26.0 Å². The van der Waals surface area contributed by atoms with E-state index in [4.69, 9.17) is 5.73 Å². The number of aryl methyl sites for hydroxylation is 1. The summed E-state index contributed by atoms with van der Waals surface area (Å²) in [4.78, 5) is 2.42. The molecular weight excluding hydrogens is 430 g/mol. The molecule has 1 nitrogen and oxygen atoms in total. The van der Waals surface area contributed by atoms with Crippen molar-refractivity contribution in [3.63, 3.8) is 0 Å². The Labute approximate surface area is 130 Å². The van der Waals surface area contributed by atoms with Gasteiger partial charge in [0, 0.05) is 23.2 Å². The highest BCUT2D eigenvalue weighted by Gasteiger charge is 2.17. The van der Waals surface area contributed by atoms with E-state index in [1.807, 2.05) is 18.2 Å². The number of nitrogens with two attached hydrogens (primary N) is 1. The number of hydrogen-bond acceptors (Lipinski definition) is 2. The van der Waals surface area contributed by atoms with E-state index in [9.17, 15) is 0 Å². The summed E-state index contributed by atoms with van der Waals surface area (Å²) in [6.07, 6.45) is 0. The lowest BCUT2D eigenvalue weighted by atomic mass is 10.1. The standard InChI is InChI=1S/C12H10Br3NS/c1-6-4-10(15)12(17-6)11(16)8-3-2-7(13)5-9(8)14/h2-5,11H,16H2,1H3. The summed E-state index contributed by atoms with van der Waals surface area (Å²) < 4.78 is 3.15. The number of hydrogen-bond donors (Lipinski definition) is 1. The van der Waals surface area contributed by atoms with Gasteiger partial charge in [-0.1, -0.05) is 37.9 Å². The molecule has 0 aliphatic carbocycles. The van der Waals surface area contributed by atoms with E-state index < -0.39 is 0 Å². The fraction of sp³-hybridized carbons (Fsp3) is 0.167. The van der Waals surface area contributed by atoms with Gasteiger partial charge in [-0.25, -0.2) is 0 Å². The number of halogens is 3. The van der Waals surface area contributed by atoms with Gasteiger partial charge in [-0.05, 0) is 46.6 Å². The van der Waals surface area contributed by atoms with Gasteiger partial charge < -0.3 is 5.73 Å². The van der Waals surface area contributed by atoms with Crippen LogP contribution in [0.4, 0.5) is 0 Å². The van der Waals surface area contributed by atoms with Crippen LogP contribution in [0.25, 0.3) is 0 Å². The minimum absolute atomic E-state index is 0.106. The summed E-state index contributed by atoms with van der Waals surface area (Å²) >= 11 is 12.3. The molecule has 1 aromatic heterocycles. The number of rotatable bonds is 2. The Morgan fingerprint density at radius 3 is 2.35 bits per heavy atom. The van der Waals surface area contributed by atoms with Crippen LogP contribution in [0.3, 0.4) is 0 Å². The van der Waals surface area contributed by atoms with Crippen molar-refractivity contribution >= 4 is 59.1 Å². The fourth-order valence-electron chi connectivity index (χ4n) is 1.61. The van der Waals surface area contributed by atoms with Gasteiger partial charge in [0.15, 0.2) is 0 Å². The van der Waals surface area contributed by atoms with Crippen molar-refractivity contribution in [2.75, 3.05) is 0 Å². The second-order valence-corrected chi connectivity index (χ2v) is 7.62. The number of benzene rings is 1. The van der Waals surface area contributed by atoms with Crippen molar-refractivity contribution in [3.05, 3.63) is 53.0 Å². The molecule has 2 rings (SSSR count). The van der Waals surface area contributed by atoms with Crippen LogP contribution in [0.5, 0.6) is 0 Å². The van der Waals surface area contributed by atoms with Crippen molar-refractivity contribution in [2.24, 2.45) is 5.73 Å². The number of thiophene rings is 1. The van der Waals surface area contributed by atoms with Gasteiger partial charge in [0.05, 0.1) is 6.04 Å². The third kappa shape index (κ3) is 3.01. The maximum absolute atomic E-state index is 6.32. The molecule has 1 heterocycles. The van der Waals surface area contributed by atoms with E-state index in [1.165, 1.54) is 4.88 Å². The van der Waals surface area contributed by atoms with E-state index in [2.05, 4.69) is 60.8 Å². The van der Waals surface area contributed by atoms with Crippen LogP contribution in [0.15, 0.2) is 37.7 Å². The van der Waals surface area contributed by atoms with Crippen molar-refractivity contribution in [1.82, 2.24) is 0 Å². The molecule has 0 radical (unpaired) electrons. The van der Waals surface area contributed by atoms with Crippen LogP contribution < -0.4 is 5.73 Å². The highest BCUT2D eigenvalue weighted by molar-refractivity contribution is 9.11. The Bertz CT molecular complexity index is 551. The van der Waals surface area contributed by atoms with Crippen LogP contribution in [0.2, 0.25) is 0 Å². The summed E-state index contributed by atoms with van der Waals surface area (Å²) in [5.74, 6) is 0. The molecule has 2 N–H and O–H groups in total. The average molecular weight is 440 g/mol. The van der Waals surface area contributed by atoms with Gasteiger partial charge in [0.2, 0.25) is 0 Å². The molecule has 5 heteroatoms. The summed E-state index contributed by atoms with van der Waals surface area (Å²) in [6, 6.07) is 8.07. The monoisotopic (exact) mass is 437 g/mol. The first-order valence-corrected chi connectivity index (χ1v) is 8.15. The van der Waals surface area contributed by atoms with Gasteiger partial charge in [0.25, 0.3) is 0 Å². The maximum atomic E-state index is 6.32. The zero-order valence-corrected chi connectivity index (χ0v) is 14.6. The highest BCUT2D eigenvalue weighted by atomic mass is 79.9. The van der Waals surface area contributed by atoms with Crippen LogP contribution in [-0.4, -0.2) is 0 Å². The van der Waals surface area contributed by atoms with E-state index >= 15 is 0 Å². The normalized spacial score (nSPS) is 12.8. The first-order chi connectivity index (χ1) is 7.99.